The van der Waals surface area contributed by atoms with Gasteiger partial charge in [-0.25, -0.2) is 0 Å². The fraction of sp³-hybridized carbons (Fsp3) is 0.607. The average Bonchev–Trinajstić information content (AvgIpc) is 2.86. The minimum Gasteiger partial charge on any atom is -0.356 e. The van der Waals surface area contributed by atoms with E-state index in [4.69, 9.17) is 0 Å². The van der Waals surface area contributed by atoms with Crippen LogP contribution in [0.25, 0.3) is 0 Å². The van der Waals surface area contributed by atoms with Gasteiger partial charge in [-0.15, -0.1) is 0 Å². The molecule has 0 spiro atoms. The number of nitrogens with one attached hydrogen (secondary N) is 4. The maximum absolute atomic E-state index is 13.2. The van der Waals surface area contributed by atoms with Gasteiger partial charge in [0.05, 0.1) is 6.04 Å². The number of hydrogen-bond acceptors (Lipinski definition) is 5. The molecule has 0 unspecified atom stereocenters. The Labute approximate surface area is 219 Å². The van der Waals surface area contributed by atoms with Crippen molar-refractivity contribution in [3.05, 3.63) is 35.9 Å². The van der Waals surface area contributed by atoms with Crippen LogP contribution in [0.4, 0.5) is 0 Å². The predicted molar refractivity (Wildman–Crippen MR) is 141 cm³/mol. The molecule has 0 saturated carbocycles. The van der Waals surface area contributed by atoms with Crippen molar-refractivity contribution < 1.29 is 24.0 Å². The summed E-state index contributed by atoms with van der Waals surface area (Å²) >= 11 is 0. The highest BCUT2D eigenvalue weighted by Gasteiger charge is 2.31. The highest BCUT2D eigenvalue weighted by molar-refractivity contribution is 5.93. The fourth-order valence-corrected chi connectivity index (χ4v) is 4.45. The first kappa shape index (κ1) is 30.0. The Morgan fingerprint density at radius 1 is 1.03 bits per heavy atom. The Bertz CT molecular complexity index is 918. The third-order valence-electron chi connectivity index (χ3n) is 6.52. The van der Waals surface area contributed by atoms with E-state index in [2.05, 4.69) is 21.3 Å². The molecule has 0 bridgehead atoms. The number of carbonyl (C=O) groups excluding carboxylic acids is 5. The summed E-state index contributed by atoms with van der Waals surface area (Å²) in [6.45, 7) is 8.14. The van der Waals surface area contributed by atoms with E-state index >= 15 is 0 Å². The normalized spacial score (nSPS) is 17.9. The molecule has 204 valence electrons. The second kappa shape index (κ2) is 15.1. The van der Waals surface area contributed by atoms with Gasteiger partial charge < -0.3 is 26.1 Å². The van der Waals surface area contributed by atoms with E-state index in [1.54, 1.807) is 0 Å². The molecule has 0 aromatic heterocycles. The summed E-state index contributed by atoms with van der Waals surface area (Å²) in [7, 11) is 0. The molecule has 0 radical (unpaired) electrons. The molecule has 1 aromatic carbocycles. The van der Waals surface area contributed by atoms with E-state index in [0.717, 1.165) is 12.0 Å². The van der Waals surface area contributed by atoms with Gasteiger partial charge in [0.15, 0.2) is 0 Å². The maximum atomic E-state index is 13.2. The number of aryl methyl sites for hydroxylation is 1. The third kappa shape index (κ3) is 10.3. The molecular weight excluding hydrogens is 472 g/mol. The van der Waals surface area contributed by atoms with Crippen LogP contribution in [-0.4, -0.2) is 54.6 Å². The highest BCUT2D eigenvalue weighted by Crippen LogP contribution is 2.17. The van der Waals surface area contributed by atoms with Crippen molar-refractivity contribution in [2.75, 3.05) is 6.54 Å². The van der Waals surface area contributed by atoms with Crippen LogP contribution in [0.15, 0.2) is 30.3 Å². The summed E-state index contributed by atoms with van der Waals surface area (Å²) in [5.74, 6) is -1.72. The summed E-state index contributed by atoms with van der Waals surface area (Å²) in [5, 5.41) is 11.1. The molecule has 9 nitrogen and oxygen atoms in total. The van der Waals surface area contributed by atoms with E-state index < -0.39 is 29.9 Å². The van der Waals surface area contributed by atoms with Crippen molar-refractivity contribution in [1.29, 1.82) is 0 Å². The van der Waals surface area contributed by atoms with Gasteiger partial charge in [0.1, 0.15) is 18.4 Å². The van der Waals surface area contributed by atoms with Gasteiger partial charge in [-0.3, -0.25) is 19.2 Å². The Morgan fingerprint density at radius 3 is 2.32 bits per heavy atom. The van der Waals surface area contributed by atoms with Crippen LogP contribution in [0.1, 0.15) is 65.4 Å². The van der Waals surface area contributed by atoms with E-state index in [1.165, 1.54) is 0 Å². The zero-order chi connectivity index (χ0) is 27.4. The van der Waals surface area contributed by atoms with Crippen molar-refractivity contribution in [3.63, 3.8) is 0 Å². The molecule has 2 rings (SSSR count). The summed E-state index contributed by atoms with van der Waals surface area (Å²) < 4.78 is 0. The molecule has 1 fully saturated rings. The molecule has 1 aromatic rings. The smallest absolute Gasteiger partial charge is 0.243 e. The van der Waals surface area contributed by atoms with Gasteiger partial charge in [-0.2, -0.15) is 0 Å². The zero-order valence-corrected chi connectivity index (χ0v) is 22.4. The van der Waals surface area contributed by atoms with Crippen molar-refractivity contribution in [2.24, 2.45) is 17.8 Å². The van der Waals surface area contributed by atoms with Crippen LogP contribution in [0.3, 0.4) is 0 Å². The number of piperidine rings is 1. The maximum Gasteiger partial charge on any atom is 0.243 e. The topological polar surface area (TPSA) is 133 Å². The van der Waals surface area contributed by atoms with Gasteiger partial charge in [0.2, 0.25) is 23.6 Å². The number of benzene rings is 1. The summed E-state index contributed by atoms with van der Waals surface area (Å²) in [5.41, 5.74) is 1.03. The fourth-order valence-electron chi connectivity index (χ4n) is 4.45. The van der Waals surface area contributed by atoms with Crippen molar-refractivity contribution in [1.82, 2.24) is 21.3 Å². The van der Waals surface area contributed by atoms with Crippen LogP contribution < -0.4 is 21.3 Å². The molecule has 1 heterocycles. The number of aldehydes is 1. The Hall–Kier alpha value is -3.23. The molecular formula is C28H42N4O5. The van der Waals surface area contributed by atoms with Crippen molar-refractivity contribution in [2.45, 2.75) is 84.3 Å². The van der Waals surface area contributed by atoms with Crippen LogP contribution in [0.5, 0.6) is 0 Å². The molecule has 0 aliphatic carbocycles. The lowest BCUT2D eigenvalue weighted by molar-refractivity contribution is -0.134. The molecule has 1 aliphatic heterocycles. The molecule has 4 atom stereocenters. The summed E-state index contributed by atoms with van der Waals surface area (Å²) in [6, 6.07) is 7.12. The van der Waals surface area contributed by atoms with E-state index in [0.29, 0.717) is 32.1 Å². The van der Waals surface area contributed by atoms with Gasteiger partial charge in [0, 0.05) is 18.9 Å². The molecule has 9 heteroatoms. The first-order valence-corrected chi connectivity index (χ1v) is 13.3. The number of hydrogen-bond donors (Lipinski definition) is 4. The number of amides is 4. The van der Waals surface area contributed by atoms with Crippen LogP contribution in [0.2, 0.25) is 0 Å². The lowest BCUT2D eigenvalue weighted by atomic mass is 9.91. The van der Waals surface area contributed by atoms with Crippen LogP contribution in [-0.2, 0) is 30.4 Å². The second-order valence-corrected chi connectivity index (χ2v) is 10.6. The first-order chi connectivity index (χ1) is 17.6. The Kier molecular flexibility index (Phi) is 12.3. The number of carbonyl (C=O) groups is 5. The van der Waals surface area contributed by atoms with Gasteiger partial charge in [0.25, 0.3) is 0 Å². The van der Waals surface area contributed by atoms with E-state index in [-0.39, 0.29) is 42.4 Å². The van der Waals surface area contributed by atoms with Gasteiger partial charge >= 0.3 is 0 Å². The van der Waals surface area contributed by atoms with E-state index in [1.807, 2.05) is 58.0 Å². The SMILES string of the molecule is CC(C)C[C@H](NC(=O)[C@@H](NC(=O)CCc1ccccc1)C(C)C)C(=O)N[C@H](C=O)C[C@@H]1CCCNC1=O. The summed E-state index contributed by atoms with van der Waals surface area (Å²) in [4.78, 5) is 62.6. The minimum atomic E-state index is -0.877. The van der Waals surface area contributed by atoms with Gasteiger partial charge in [-0.05, 0) is 49.5 Å². The molecule has 1 saturated heterocycles. The van der Waals surface area contributed by atoms with Crippen molar-refractivity contribution >= 4 is 29.9 Å². The standard InChI is InChI=1S/C28H42N4O5/c1-18(2)15-23(27(36)30-22(17-33)16-21-11-8-14-29-26(21)35)31-28(37)25(19(3)4)32-24(34)13-12-20-9-6-5-7-10-20/h5-7,9-10,17-19,21-23,25H,8,11-16H2,1-4H3,(H,29,35)(H,30,36)(H,31,37)(H,32,34)/t21-,22-,23-,25-/m0/s1. The molecule has 4 N–H and O–H groups in total. The quantitative estimate of drug-likeness (QED) is 0.281. The monoisotopic (exact) mass is 514 g/mol. The van der Waals surface area contributed by atoms with Gasteiger partial charge in [-0.1, -0.05) is 58.0 Å². The largest absolute Gasteiger partial charge is 0.356 e. The molecule has 4 amide bonds. The predicted octanol–water partition coefficient (Wildman–Crippen LogP) is 1.89. The third-order valence-corrected chi connectivity index (χ3v) is 6.52. The van der Waals surface area contributed by atoms with Crippen LogP contribution in [0, 0.1) is 17.8 Å². The highest BCUT2D eigenvalue weighted by atomic mass is 16.2. The number of rotatable bonds is 14. The second-order valence-electron chi connectivity index (χ2n) is 10.6. The molecule has 1 aliphatic rings. The van der Waals surface area contributed by atoms with Crippen molar-refractivity contribution in [3.8, 4) is 0 Å². The lowest BCUT2D eigenvalue weighted by Gasteiger charge is -2.28. The Morgan fingerprint density at radius 2 is 1.73 bits per heavy atom. The van der Waals surface area contributed by atoms with E-state index in [9.17, 15) is 24.0 Å². The van der Waals surface area contributed by atoms with Crippen LogP contribution >= 0.6 is 0 Å². The first-order valence-electron chi connectivity index (χ1n) is 13.3. The summed E-state index contributed by atoms with van der Waals surface area (Å²) in [6.07, 6.45) is 3.51. The minimum absolute atomic E-state index is 0.0906. The zero-order valence-electron chi connectivity index (χ0n) is 22.4. The Balaban J connectivity index is 2.00. The average molecular weight is 515 g/mol. The molecule has 37 heavy (non-hydrogen) atoms. The lowest BCUT2D eigenvalue weighted by Crippen LogP contribution is -2.57.